The molecule has 0 aromatic carbocycles. The Hall–Kier alpha value is -4.94. The summed E-state index contributed by atoms with van der Waals surface area (Å²) >= 11 is 0. The summed E-state index contributed by atoms with van der Waals surface area (Å²) in [6.45, 7) is 14.5. The summed E-state index contributed by atoms with van der Waals surface area (Å²) in [6, 6.07) is 0. The summed E-state index contributed by atoms with van der Waals surface area (Å²) in [6.07, 6.45) is 14.5. The Balaban J connectivity index is 1.62. The number of aromatic amines is 3. The molecule has 6 rings (SSSR count). The lowest BCUT2D eigenvalue weighted by molar-refractivity contribution is -0.146. The predicted octanol–water partition coefficient (Wildman–Crippen LogP) is 4.84. The highest BCUT2D eigenvalue weighted by Gasteiger charge is 2.48. The molecule has 0 saturated carbocycles. The van der Waals surface area contributed by atoms with Gasteiger partial charge in [-0.3, -0.25) is 9.59 Å². The Bertz CT molecular complexity index is 2120. The highest BCUT2D eigenvalue weighted by atomic mass is 16.5. The molecular formula is C40H46N4O5. The van der Waals surface area contributed by atoms with Crippen LogP contribution in [0.1, 0.15) is 103 Å². The maximum Gasteiger partial charge on any atom is 0.316 e. The van der Waals surface area contributed by atoms with Crippen LogP contribution in [0, 0.1) is 50.9 Å². The fourth-order valence-electron chi connectivity index (χ4n) is 7.74. The van der Waals surface area contributed by atoms with Crippen molar-refractivity contribution in [2.75, 3.05) is 13.7 Å². The van der Waals surface area contributed by atoms with Crippen molar-refractivity contribution in [2.24, 2.45) is 17.8 Å². The summed E-state index contributed by atoms with van der Waals surface area (Å²) in [5.41, 5.74) is 12.2. The van der Waals surface area contributed by atoms with Gasteiger partial charge in [-0.2, -0.15) is 0 Å². The average molecular weight is 663 g/mol. The van der Waals surface area contributed by atoms with E-state index in [1.165, 1.54) is 12.7 Å². The molecule has 0 unspecified atom stereocenters. The Morgan fingerprint density at radius 1 is 1.00 bits per heavy atom. The average Bonchev–Trinajstić information content (AvgIpc) is 3.80. The molecule has 0 radical (unpaired) electrons. The fraction of sp³-hybridized carbons (Fsp3) is 0.400. The molecule has 0 spiro atoms. The zero-order valence-electron chi connectivity index (χ0n) is 29.6. The highest BCUT2D eigenvalue weighted by molar-refractivity contribution is 5.95. The SMILES string of the molecule is C#Cc1c2[nH]c(c1C)/C=C1\N/C(=C3\c4[nH]c(c(C)c4[C@H](O)[C@@H]3C(=O)OC)/C=c3\[nH]/c(c(C)c3CC)=C\2)[C@@H](CCC(=O)OCC=C(C)C)[C@@H]1C. The van der Waals surface area contributed by atoms with Crippen molar-refractivity contribution in [2.45, 2.75) is 73.8 Å². The van der Waals surface area contributed by atoms with Crippen LogP contribution in [0.3, 0.4) is 0 Å². The number of fused-ring (bicyclic) bond motifs is 7. The number of aliphatic hydroxyl groups is 1. The van der Waals surface area contributed by atoms with Crippen LogP contribution < -0.4 is 16.0 Å². The molecule has 9 nitrogen and oxygen atoms in total. The van der Waals surface area contributed by atoms with E-state index < -0.39 is 18.0 Å². The number of hydrogen-bond donors (Lipinski definition) is 5. The first-order chi connectivity index (χ1) is 23.4. The topological polar surface area (TPSA) is 132 Å². The third-order valence-corrected chi connectivity index (χ3v) is 10.6. The number of carbonyl (C=O) groups is 2. The minimum atomic E-state index is -1.12. The molecule has 3 aromatic heterocycles. The third-order valence-electron chi connectivity index (χ3n) is 10.6. The van der Waals surface area contributed by atoms with Gasteiger partial charge in [0.1, 0.15) is 12.5 Å². The second-order valence-corrected chi connectivity index (χ2v) is 13.6. The van der Waals surface area contributed by atoms with Crippen LogP contribution in [0.15, 0.2) is 23.0 Å². The lowest BCUT2D eigenvalue weighted by Crippen LogP contribution is -2.24. The van der Waals surface area contributed by atoms with Gasteiger partial charge in [0.05, 0.1) is 30.2 Å². The minimum Gasteiger partial charge on any atom is -0.468 e. The first-order valence-corrected chi connectivity index (χ1v) is 17.0. The van der Waals surface area contributed by atoms with Crippen molar-refractivity contribution in [3.05, 3.63) is 89.9 Å². The lowest BCUT2D eigenvalue weighted by Gasteiger charge is -2.21. The molecule has 3 aliphatic rings. The number of nitrogens with one attached hydrogen (secondary N) is 4. The van der Waals surface area contributed by atoms with Gasteiger partial charge in [-0.05, 0) is 94.0 Å². The number of terminal acetylenes is 1. The second-order valence-electron chi connectivity index (χ2n) is 13.6. The number of allylic oxidation sites excluding steroid dienone is 3. The molecule has 1 fully saturated rings. The van der Waals surface area contributed by atoms with Gasteiger partial charge in [0.15, 0.2) is 0 Å². The molecule has 8 bridgehead atoms. The minimum absolute atomic E-state index is 0.0744. The summed E-state index contributed by atoms with van der Waals surface area (Å²) in [7, 11) is 1.34. The quantitative estimate of drug-likeness (QED) is 0.140. The van der Waals surface area contributed by atoms with Crippen molar-refractivity contribution in [3.63, 3.8) is 0 Å². The van der Waals surface area contributed by atoms with Gasteiger partial charge in [-0.1, -0.05) is 25.3 Å². The van der Waals surface area contributed by atoms with Crippen molar-refractivity contribution < 1.29 is 24.2 Å². The van der Waals surface area contributed by atoms with Crippen LogP contribution in [0.25, 0.3) is 23.8 Å². The number of rotatable bonds is 7. The van der Waals surface area contributed by atoms with Crippen molar-refractivity contribution >= 4 is 35.7 Å². The molecule has 49 heavy (non-hydrogen) atoms. The molecular weight excluding hydrogens is 616 g/mol. The van der Waals surface area contributed by atoms with E-state index in [9.17, 15) is 14.7 Å². The van der Waals surface area contributed by atoms with Gasteiger partial charge in [0.25, 0.3) is 0 Å². The van der Waals surface area contributed by atoms with E-state index in [0.29, 0.717) is 23.3 Å². The largest absolute Gasteiger partial charge is 0.468 e. The molecule has 3 aromatic rings. The number of carbonyl (C=O) groups excluding carboxylic acids is 2. The summed E-state index contributed by atoms with van der Waals surface area (Å²) in [5.74, 6) is 0.858. The van der Waals surface area contributed by atoms with Crippen LogP contribution in [0.4, 0.5) is 0 Å². The van der Waals surface area contributed by atoms with Gasteiger partial charge in [0.2, 0.25) is 0 Å². The van der Waals surface area contributed by atoms with Crippen molar-refractivity contribution in [3.8, 4) is 12.3 Å². The van der Waals surface area contributed by atoms with E-state index >= 15 is 0 Å². The van der Waals surface area contributed by atoms with Gasteiger partial charge in [-0.15, -0.1) is 6.42 Å². The number of ether oxygens (including phenoxy) is 2. The lowest BCUT2D eigenvalue weighted by atomic mass is 9.84. The summed E-state index contributed by atoms with van der Waals surface area (Å²) < 4.78 is 10.8. The molecule has 9 heteroatoms. The summed E-state index contributed by atoms with van der Waals surface area (Å²) in [4.78, 5) is 37.2. The maximum absolute atomic E-state index is 13.5. The van der Waals surface area contributed by atoms with E-state index in [-0.39, 0.29) is 30.8 Å². The van der Waals surface area contributed by atoms with Crippen molar-refractivity contribution in [1.29, 1.82) is 0 Å². The molecule has 1 saturated heterocycles. The van der Waals surface area contributed by atoms with Crippen LogP contribution in [-0.4, -0.2) is 45.7 Å². The smallest absolute Gasteiger partial charge is 0.316 e. The van der Waals surface area contributed by atoms with Crippen LogP contribution in [0.2, 0.25) is 0 Å². The number of esters is 2. The Labute approximate surface area is 287 Å². The number of H-pyrrole nitrogens is 3. The standard InChI is InChI=1S/C40H46N4O5/c1-10-24-20(5)27-16-29-22(7)26(12-13-33(45)49-15-14-19(3)4)37(43-29)35-36(40(47)48-9)39(46)34-23(8)30(44-38(34)35)18-32-25(11-2)21(6)28(42-32)17-31(24)41-27/h1,14,16-18,22,26,36,39,41-44,46H,11-13,15H2,2-9H3/b28-17-,29-16-,32-18-,37-35-/t22-,26-,36+,39-/m0/s1. The molecule has 2 aliphatic heterocycles. The number of hydrogen-bond acceptors (Lipinski definition) is 6. The van der Waals surface area contributed by atoms with Gasteiger partial charge in [0, 0.05) is 62.9 Å². The highest BCUT2D eigenvalue weighted by Crippen LogP contribution is 2.52. The first-order valence-electron chi connectivity index (χ1n) is 17.0. The molecule has 5 heterocycles. The maximum atomic E-state index is 13.5. The Morgan fingerprint density at radius 2 is 1.71 bits per heavy atom. The Morgan fingerprint density at radius 3 is 2.39 bits per heavy atom. The Kier molecular flexibility index (Phi) is 9.12. The van der Waals surface area contributed by atoms with Gasteiger partial charge in [-0.25, -0.2) is 0 Å². The summed E-state index contributed by atoms with van der Waals surface area (Å²) in [5, 5.41) is 17.4. The number of aromatic nitrogens is 3. The zero-order chi connectivity index (χ0) is 35.3. The molecule has 5 N–H and O–H groups in total. The van der Waals surface area contributed by atoms with Crippen LogP contribution >= 0.6 is 0 Å². The van der Waals surface area contributed by atoms with E-state index in [1.54, 1.807) is 0 Å². The third kappa shape index (κ3) is 5.78. The monoisotopic (exact) mass is 662 g/mol. The van der Waals surface area contributed by atoms with E-state index in [2.05, 4.69) is 65.2 Å². The molecule has 4 atom stereocenters. The zero-order valence-corrected chi connectivity index (χ0v) is 29.6. The van der Waals surface area contributed by atoms with Gasteiger partial charge >= 0.3 is 11.9 Å². The van der Waals surface area contributed by atoms with Crippen molar-refractivity contribution in [1.82, 2.24) is 20.3 Å². The first kappa shape index (κ1) is 33.9. The van der Waals surface area contributed by atoms with E-state index in [0.717, 1.165) is 73.4 Å². The second kappa shape index (κ2) is 13.2. The number of methoxy groups -OCH3 is 1. The van der Waals surface area contributed by atoms with E-state index in [4.69, 9.17) is 15.9 Å². The van der Waals surface area contributed by atoms with Crippen LogP contribution in [0.5, 0.6) is 0 Å². The predicted molar refractivity (Wildman–Crippen MR) is 191 cm³/mol. The van der Waals surface area contributed by atoms with Gasteiger partial charge < -0.3 is 34.8 Å². The van der Waals surface area contributed by atoms with Crippen LogP contribution in [-0.2, 0) is 25.5 Å². The molecule has 256 valence electrons. The number of aliphatic hydroxyl groups excluding tert-OH is 1. The molecule has 1 aliphatic carbocycles. The van der Waals surface area contributed by atoms with E-state index in [1.807, 2.05) is 33.8 Å². The fourth-order valence-corrected chi connectivity index (χ4v) is 7.74. The molecule has 0 amide bonds. The normalized spacial score (nSPS) is 24.4.